The van der Waals surface area contributed by atoms with Gasteiger partial charge in [-0.1, -0.05) is 0 Å². The molecule has 2 amide bonds. The van der Waals surface area contributed by atoms with Crippen molar-refractivity contribution in [2.75, 3.05) is 26.2 Å². The first-order valence-corrected chi connectivity index (χ1v) is 8.19. The number of carbonyl (C=O) groups excluding carboxylic acids is 2. The van der Waals surface area contributed by atoms with Crippen molar-refractivity contribution in [1.82, 2.24) is 15.5 Å². The maximum atomic E-state index is 11.6. The van der Waals surface area contributed by atoms with Crippen LogP contribution in [-0.4, -0.2) is 61.2 Å². The number of piperidine rings is 1. The predicted molar refractivity (Wildman–Crippen MR) is 105 cm³/mol. The van der Waals surface area contributed by atoms with Crippen LogP contribution in [-0.2, 0) is 9.53 Å². The maximum absolute atomic E-state index is 11.6. The van der Waals surface area contributed by atoms with Crippen molar-refractivity contribution in [2.45, 2.75) is 52.1 Å². The van der Waals surface area contributed by atoms with Gasteiger partial charge in [-0.25, -0.2) is 4.79 Å². The van der Waals surface area contributed by atoms with Gasteiger partial charge in [0.15, 0.2) is 5.96 Å². The molecule has 0 aromatic rings. The zero-order valence-electron chi connectivity index (χ0n) is 14.7. The van der Waals surface area contributed by atoms with Gasteiger partial charge in [-0.05, 0) is 33.6 Å². The summed E-state index contributed by atoms with van der Waals surface area (Å²) in [7, 11) is 0. The van der Waals surface area contributed by atoms with Crippen LogP contribution in [0.15, 0.2) is 4.99 Å². The number of rotatable bonds is 6. The van der Waals surface area contributed by atoms with Crippen LogP contribution in [0.25, 0.3) is 0 Å². The Morgan fingerprint density at radius 1 is 1.33 bits per heavy atom. The van der Waals surface area contributed by atoms with Crippen LogP contribution in [0.2, 0.25) is 0 Å². The summed E-state index contributed by atoms with van der Waals surface area (Å²) in [6.45, 7) is 7.66. The van der Waals surface area contributed by atoms with Crippen LogP contribution in [0, 0.1) is 0 Å². The van der Waals surface area contributed by atoms with Gasteiger partial charge in [-0.3, -0.25) is 9.79 Å². The first-order chi connectivity index (χ1) is 10.9. The molecule has 1 aliphatic rings. The van der Waals surface area contributed by atoms with Gasteiger partial charge < -0.3 is 26.0 Å². The van der Waals surface area contributed by atoms with Crippen molar-refractivity contribution in [2.24, 2.45) is 10.7 Å². The van der Waals surface area contributed by atoms with Gasteiger partial charge in [0.1, 0.15) is 0 Å². The van der Waals surface area contributed by atoms with E-state index < -0.39 is 0 Å². The third-order valence-electron chi connectivity index (χ3n) is 3.44. The first kappa shape index (κ1) is 22.7. The molecule has 0 unspecified atom stereocenters. The Bertz CT molecular complexity index is 423. The Morgan fingerprint density at radius 2 is 1.96 bits per heavy atom. The van der Waals surface area contributed by atoms with Crippen LogP contribution in [0.5, 0.6) is 0 Å². The number of ether oxygens (including phenoxy) is 1. The molecular formula is C15H30IN5O3. The lowest BCUT2D eigenvalue weighted by Gasteiger charge is -2.31. The number of amides is 2. The minimum atomic E-state index is -0.260. The molecule has 8 nitrogen and oxygen atoms in total. The molecule has 0 atom stereocenters. The van der Waals surface area contributed by atoms with E-state index in [9.17, 15) is 9.59 Å². The van der Waals surface area contributed by atoms with E-state index in [2.05, 4.69) is 15.6 Å². The van der Waals surface area contributed by atoms with Crippen molar-refractivity contribution in [3.8, 4) is 0 Å². The zero-order chi connectivity index (χ0) is 17.2. The number of hydrogen-bond donors (Lipinski definition) is 3. The average Bonchev–Trinajstić information content (AvgIpc) is 2.47. The van der Waals surface area contributed by atoms with E-state index >= 15 is 0 Å². The lowest BCUT2D eigenvalue weighted by molar-refractivity contribution is -0.121. The van der Waals surface area contributed by atoms with E-state index in [1.54, 1.807) is 11.8 Å². The molecule has 1 rings (SSSR count). The molecule has 0 radical (unpaired) electrons. The molecule has 0 aromatic heterocycles. The molecule has 0 aromatic carbocycles. The Hall–Kier alpha value is -1.26. The lowest BCUT2D eigenvalue weighted by atomic mass is 10.1. The lowest BCUT2D eigenvalue weighted by Crippen LogP contribution is -2.48. The highest BCUT2D eigenvalue weighted by atomic mass is 127. The third kappa shape index (κ3) is 9.14. The van der Waals surface area contributed by atoms with E-state index in [1.165, 1.54) is 0 Å². The zero-order valence-corrected chi connectivity index (χ0v) is 17.0. The molecule has 1 saturated heterocycles. The summed E-state index contributed by atoms with van der Waals surface area (Å²) >= 11 is 0. The number of hydrogen-bond acceptors (Lipinski definition) is 4. The molecule has 4 N–H and O–H groups in total. The highest BCUT2D eigenvalue weighted by molar-refractivity contribution is 14.0. The number of nitrogens with one attached hydrogen (secondary N) is 2. The summed E-state index contributed by atoms with van der Waals surface area (Å²) in [4.78, 5) is 29.0. The van der Waals surface area contributed by atoms with Crippen molar-refractivity contribution in [3.05, 3.63) is 0 Å². The van der Waals surface area contributed by atoms with Gasteiger partial charge in [-0.15, -0.1) is 24.0 Å². The molecule has 24 heavy (non-hydrogen) atoms. The Labute approximate surface area is 161 Å². The smallest absolute Gasteiger partial charge is 0.409 e. The molecule has 0 aliphatic carbocycles. The van der Waals surface area contributed by atoms with E-state index in [4.69, 9.17) is 10.5 Å². The van der Waals surface area contributed by atoms with Gasteiger partial charge in [0.05, 0.1) is 13.2 Å². The van der Waals surface area contributed by atoms with Gasteiger partial charge in [-0.2, -0.15) is 0 Å². The highest BCUT2D eigenvalue weighted by Gasteiger charge is 2.23. The normalized spacial score (nSPS) is 15.7. The van der Waals surface area contributed by atoms with Gasteiger partial charge >= 0.3 is 6.09 Å². The predicted octanol–water partition coefficient (Wildman–Crippen LogP) is 1.04. The summed E-state index contributed by atoms with van der Waals surface area (Å²) in [5, 5.41) is 5.95. The number of aliphatic imine (C=N–C) groups is 1. The molecule has 1 heterocycles. The summed E-state index contributed by atoms with van der Waals surface area (Å²) in [6.07, 6.45) is 1.65. The fraction of sp³-hybridized carbons (Fsp3) is 0.800. The molecule has 1 aliphatic heterocycles. The van der Waals surface area contributed by atoms with Crippen LogP contribution in [0.1, 0.15) is 40.0 Å². The van der Waals surface area contributed by atoms with Crippen LogP contribution >= 0.6 is 24.0 Å². The summed E-state index contributed by atoms with van der Waals surface area (Å²) in [5.41, 5.74) is 5.84. The summed E-state index contributed by atoms with van der Waals surface area (Å²) < 4.78 is 4.98. The molecule has 9 heteroatoms. The van der Waals surface area contributed by atoms with Crippen LogP contribution in [0.4, 0.5) is 4.79 Å². The van der Waals surface area contributed by atoms with E-state index in [1.807, 2.05) is 13.8 Å². The third-order valence-corrected chi connectivity index (χ3v) is 3.44. The molecule has 140 valence electrons. The van der Waals surface area contributed by atoms with Crippen LogP contribution < -0.4 is 16.4 Å². The number of nitrogens with zero attached hydrogens (tertiary/aromatic N) is 2. The fourth-order valence-corrected chi connectivity index (χ4v) is 2.35. The number of carbonyl (C=O) groups is 2. The van der Waals surface area contributed by atoms with E-state index in [0.717, 1.165) is 12.8 Å². The van der Waals surface area contributed by atoms with Gasteiger partial charge in [0.2, 0.25) is 5.91 Å². The summed E-state index contributed by atoms with van der Waals surface area (Å²) in [5.74, 6) is 0.316. The first-order valence-electron chi connectivity index (χ1n) is 8.19. The molecule has 1 fully saturated rings. The highest BCUT2D eigenvalue weighted by Crippen LogP contribution is 2.11. The second-order valence-electron chi connectivity index (χ2n) is 5.84. The molecule has 0 spiro atoms. The fourth-order valence-electron chi connectivity index (χ4n) is 2.35. The molecular weight excluding hydrogens is 425 g/mol. The van der Waals surface area contributed by atoms with E-state index in [0.29, 0.717) is 38.6 Å². The number of likely N-dealkylation sites (tertiary alicyclic amines) is 1. The second kappa shape index (κ2) is 12.2. The van der Waals surface area contributed by atoms with Gasteiger partial charge in [0.25, 0.3) is 0 Å². The van der Waals surface area contributed by atoms with Crippen molar-refractivity contribution < 1.29 is 14.3 Å². The van der Waals surface area contributed by atoms with Crippen molar-refractivity contribution in [1.29, 1.82) is 0 Å². The Kier molecular flexibility index (Phi) is 11.5. The number of nitrogens with two attached hydrogens (primary N) is 1. The van der Waals surface area contributed by atoms with Gasteiger partial charge in [0, 0.05) is 31.6 Å². The van der Waals surface area contributed by atoms with Crippen LogP contribution in [0.3, 0.4) is 0 Å². The topological polar surface area (TPSA) is 109 Å². The standard InChI is InChI=1S/C15H29N5O3.HI/c1-4-23-15(22)20-9-6-12(7-10-20)19-14(16)17-8-5-13(21)18-11(2)3;/h11-12H,4-10H2,1-3H3,(H,18,21)(H3,16,17,19);1H. The molecule has 0 saturated carbocycles. The monoisotopic (exact) mass is 455 g/mol. The minimum absolute atomic E-state index is 0. The van der Waals surface area contributed by atoms with Crippen molar-refractivity contribution >= 4 is 41.9 Å². The SMILES string of the molecule is CCOC(=O)N1CCC(NC(N)=NCCC(=O)NC(C)C)CC1.I. The van der Waals surface area contributed by atoms with E-state index in [-0.39, 0.29) is 48.1 Å². The minimum Gasteiger partial charge on any atom is -0.450 e. The Balaban J connectivity index is 0.00000529. The second-order valence-corrected chi connectivity index (χ2v) is 5.84. The number of halogens is 1. The summed E-state index contributed by atoms with van der Waals surface area (Å²) in [6, 6.07) is 0.320. The van der Waals surface area contributed by atoms with Crippen molar-refractivity contribution in [3.63, 3.8) is 0 Å². The largest absolute Gasteiger partial charge is 0.450 e. The Morgan fingerprint density at radius 3 is 2.50 bits per heavy atom. The maximum Gasteiger partial charge on any atom is 0.409 e. The average molecular weight is 455 g/mol. The molecule has 0 bridgehead atoms. The number of guanidine groups is 1. The quantitative estimate of drug-likeness (QED) is 0.315.